The van der Waals surface area contributed by atoms with Crippen LogP contribution in [0.3, 0.4) is 0 Å². The molecule has 0 atom stereocenters. The lowest BCUT2D eigenvalue weighted by atomic mass is 9.97. The fourth-order valence-electron chi connectivity index (χ4n) is 2.81. The first-order chi connectivity index (χ1) is 9.67. The highest BCUT2D eigenvalue weighted by molar-refractivity contribution is 4.74. The van der Waals surface area contributed by atoms with Crippen molar-refractivity contribution >= 4 is 0 Å². The van der Waals surface area contributed by atoms with Gasteiger partial charge in [0.2, 0.25) is 0 Å². The van der Waals surface area contributed by atoms with Gasteiger partial charge in [0.25, 0.3) is 0 Å². The third kappa shape index (κ3) is 7.02. The summed E-state index contributed by atoms with van der Waals surface area (Å²) in [5, 5.41) is 3.44. The van der Waals surface area contributed by atoms with Crippen molar-refractivity contribution < 1.29 is 9.47 Å². The van der Waals surface area contributed by atoms with E-state index in [1.54, 1.807) is 0 Å². The van der Waals surface area contributed by atoms with Crippen LogP contribution < -0.4 is 5.32 Å². The molecule has 0 aromatic rings. The molecule has 1 fully saturated rings. The molecule has 4 heteroatoms. The maximum atomic E-state index is 5.64. The summed E-state index contributed by atoms with van der Waals surface area (Å²) in [7, 11) is 0. The standard InChI is InChI=1S/C16H34N2O2/c1-5-19-16(20-6-2)9-12-18(14(3)4)13-15-7-10-17-11-8-15/h14-17H,5-13H2,1-4H3. The molecule has 1 heterocycles. The molecular weight excluding hydrogens is 252 g/mol. The van der Waals surface area contributed by atoms with Crippen LogP contribution in [0.2, 0.25) is 0 Å². The van der Waals surface area contributed by atoms with Crippen LogP contribution in [0.5, 0.6) is 0 Å². The van der Waals surface area contributed by atoms with Crippen LogP contribution in [0.4, 0.5) is 0 Å². The van der Waals surface area contributed by atoms with Crippen LogP contribution in [0, 0.1) is 5.92 Å². The summed E-state index contributed by atoms with van der Waals surface area (Å²) < 4.78 is 11.3. The lowest BCUT2D eigenvalue weighted by molar-refractivity contribution is -0.142. The predicted octanol–water partition coefficient (Wildman–Crippen LogP) is 2.49. The predicted molar refractivity (Wildman–Crippen MR) is 84.0 cm³/mol. The Hall–Kier alpha value is -0.160. The van der Waals surface area contributed by atoms with E-state index in [1.165, 1.54) is 32.5 Å². The summed E-state index contributed by atoms with van der Waals surface area (Å²) in [5.74, 6) is 0.844. The number of nitrogens with zero attached hydrogens (tertiary/aromatic N) is 1. The number of hydrogen-bond acceptors (Lipinski definition) is 4. The molecule has 0 aromatic heterocycles. The van der Waals surface area contributed by atoms with Gasteiger partial charge < -0.3 is 19.7 Å². The zero-order chi connectivity index (χ0) is 14.8. The van der Waals surface area contributed by atoms with Crippen molar-refractivity contribution in [3.8, 4) is 0 Å². The number of ether oxygens (including phenoxy) is 2. The largest absolute Gasteiger partial charge is 0.353 e. The minimum atomic E-state index is -0.0423. The summed E-state index contributed by atoms with van der Waals surface area (Å²) >= 11 is 0. The van der Waals surface area contributed by atoms with Crippen molar-refractivity contribution in [2.75, 3.05) is 39.4 Å². The van der Waals surface area contributed by atoms with Crippen LogP contribution >= 0.6 is 0 Å². The Morgan fingerprint density at radius 2 is 1.70 bits per heavy atom. The van der Waals surface area contributed by atoms with Gasteiger partial charge in [0.15, 0.2) is 6.29 Å². The highest BCUT2D eigenvalue weighted by atomic mass is 16.7. The van der Waals surface area contributed by atoms with Gasteiger partial charge in [-0.25, -0.2) is 0 Å². The fraction of sp³-hybridized carbons (Fsp3) is 1.00. The lowest BCUT2D eigenvalue weighted by Crippen LogP contribution is -2.41. The van der Waals surface area contributed by atoms with Crippen LogP contribution in [0.15, 0.2) is 0 Å². The monoisotopic (exact) mass is 286 g/mol. The molecule has 1 aliphatic heterocycles. The first-order valence-corrected chi connectivity index (χ1v) is 8.35. The minimum Gasteiger partial charge on any atom is -0.353 e. The Morgan fingerprint density at radius 3 is 2.20 bits per heavy atom. The molecule has 1 rings (SSSR count). The van der Waals surface area contributed by atoms with Crippen LogP contribution in [0.25, 0.3) is 0 Å². The average molecular weight is 286 g/mol. The molecule has 0 unspecified atom stereocenters. The van der Waals surface area contributed by atoms with E-state index >= 15 is 0 Å². The Bertz CT molecular complexity index is 225. The van der Waals surface area contributed by atoms with Gasteiger partial charge in [0, 0.05) is 38.8 Å². The van der Waals surface area contributed by atoms with Crippen molar-refractivity contribution in [1.29, 1.82) is 0 Å². The van der Waals surface area contributed by atoms with Crippen molar-refractivity contribution in [3.05, 3.63) is 0 Å². The second kappa shape index (κ2) is 10.6. The number of nitrogens with one attached hydrogen (secondary N) is 1. The van der Waals surface area contributed by atoms with Crippen LogP contribution in [-0.2, 0) is 9.47 Å². The second-order valence-electron chi connectivity index (χ2n) is 5.91. The van der Waals surface area contributed by atoms with Crippen molar-refractivity contribution in [2.45, 2.75) is 59.3 Å². The molecule has 1 N–H and O–H groups in total. The van der Waals surface area contributed by atoms with E-state index < -0.39 is 0 Å². The summed E-state index contributed by atoms with van der Waals surface area (Å²) in [5.41, 5.74) is 0. The Balaban J connectivity index is 2.36. The van der Waals surface area contributed by atoms with Gasteiger partial charge in [-0.3, -0.25) is 0 Å². The molecule has 0 radical (unpaired) electrons. The van der Waals surface area contributed by atoms with Gasteiger partial charge in [0.05, 0.1) is 0 Å². The van der Waals surface area contributed by atoms with Gasteiger partial charge in [-0.2, -0.15) is 0 Å². The van der Waals surface area contributed by atoms with E-state index in [0.717, 1.165) is 32.1 Å². The molecule has 0 aliphatic carbocycles. The van der Waals surface area contributed by atoms with E-state index in [9.17, 15) is 0 Å². The van der Waals surface area contributed by atoms with Gasteiger partial charge in [-0.05, 0) is 59.5 Å². The quantitative estimate of drug-likeness (QED) is 0.626. The third-order valence-electron chi connectivity index (χ3n) is 4.04. The smallest absolute Gasteiger partial charge is 0.158 e. The van der Waals surface area contributed by atoms with Crippen LogP contribution in [-0.4, -0.2) is 56.6 Å². The van der Waals surface area contributed by atoms with E-state index in [4.69, 9.17) is 9.47 Å². The molecule has 20 heavy (non-hydrogen) atoms. The molecule has 0 aromatic carbocycles. The topological polar surface area (TPSA) is 33.7 Å². The summed E-state index contributed by atoms with van der Waals surface area (Å²) in [6.45, 7) is 14.7. The summed E-state index contributed by atoms with van der Waals surface area (Å²) in [6.07, 6.45) is 3.54. The van der Waals surface area contributed by atoms with E-state index in [1.807, 2.05) is 13.8 Å². The maximum absolute atomic E-state index is 5.64. The minimum absolute atomic E-state index is 0.0423. The van der Waals surface area contributed by atoms with Gasteiger partial charge in [-0.15, -0.1) is 0 Å². The maximum Gasteiger partial charge on any atom is 0.158 e. The number of rotatable bonds is 10. The van der Waals surface area contributed by atoms with E-state index in [2.05, 4.69) is 24.1 Å². The first kappa shape index (κ1) is 17.9. The number of hydrogen-bond donors (Lipinski definition) is 1. The molecule has 0 saturated carbocycles. The Kier molecular flexibility index (Phi) is 9.44. The molecule has 120 valence electrons. The second-order valence-corrected chi connectivity index (χ2v) is 5.91. The molecule has 0 amide bonds. The molecule has 1 aliphatic rings. The zero-order valence-corrected chi connectivity index (χ0v) is 13.9. The zero-order valence-electron chi connectivity index (χ0n) is 13.9. The van der Waals surface area contributed by atoms with Crippen LogP contribution in [0.1, 0.15) is 47.0 Å². The molecule has 1 saturated heterocycles. The normalized spacial score (nSPS) is 17.6. The highest BCUT2D eigenvalue weighted by Gasteiger charge is 2.20. The van der Waals surface area contributed by atoms with Gasteiger partial charge in [0.1, 0.15) is 0 Å². The average Bonchev–Trinajstić information content (AvgIpc) is 2.44. The van der Waals surface area contributed by atoms with Crippen molar-refractivity contribution in [3.63, 3.8) is 0 Å². The van der Waals surface area contributed by atoms with Gasteiger partial charge >= 0.3 is 0 Å². The van der Waals surface area contributed by atoms with E-state index in [-0.39, 0.29) is 6.29 Å². The SMILES string of the molecule is CCOC(CCN(CC1CCNCC1)C(C)C)OCC. The van der Waals surface area contributed by atoms with Gasteiger partial charge in [-0.1, -0.05) is 0 Å². The first-order valence-electron chi connectivity index (χ1n) is 8.35. The summed E-state index contributed by atoms with van der Waals surface area (Å²) in [6, 6.07) is 0.591. The fourth-order valence-corrected chi connectivity index (χ4v) is 2.81. The molecule has 4 nitrogen and oxygen atoms in total. The lowest BCUT2D eigenvalue weighted by Gasteiger charge is -2.33. The van der Waals surface area contributed by atoms with Crippen molar-refractivity contribution in [1.82, 2.24) is 10.2 Å². The summed E-state index contributed by atoms with van der Waals surface area (Å²) in [4.78, 5) is 2.58. The van der Waals surface area contributed by atoms with E-state index in [0.29, 0.717) is 6.04 Å². The molecular formula is C16H34N2O2. The molecule has 0 spiro atoms. The Labute approximate surface area is 125 Å². The Morgan fingerprint density at radius 1 is 1.10 bits per heavy atom. The third-order valence-corrected chi connectivity index (χ3v) is 4.04. The highest BCUT2D eigenvalue weighted by Crippen LogP contribution is 2.16. The number of piperidine rings is 1. The van der Waals surface area contributed by atoms with Crippen molar-refractivity contribution in [2.24, 2.45) is 5.92 Å². The molecule has 0 bridgehead atoms.